The van der Waals surface area contributed by atoms with Gasteiger partial charge in [0.1, 0.15) is 0 Å². The fraction of sp³-hybridized carbons (Fsp3) is 0.200. The van der Waals surface area contributed by atoms with E-state index in [-0.39, 0.29) is 5.69 Å². The zero-order valence-electron chi connectivity index (χ0n) is 9.32. The lowest BCUT2D eigenvalue weighted by atomic mass is 10.2. The van der Waals surface area contributed by atoms with E-state index in [9.17, 15) is 10.1 Å². The number of rotatable bonds is 3. The normalized spacial score (nSPS) is 11.2. The molecular weight excluding hydrogens is 240 g/mol. The minimum absolute atomic E-state index is 0.0546. The number of nitro groups is 1. The number of hydrogen-bond donors (Lipinski definition) is 0. The van der Waals surface area contributed by atoms with Gasteiger partial charge in [0.25, 0.3) is 5.69 Å². The Morgan fingerprint density at radius 3 is 2.94 bits per heavy atom. The number of nitrogens with zero attached hydrogens (tertiary/aromatic N) is 4. The number of non-ortho nitro benzene ring substituents is 1. The molecule has 0 N–H and O–H groups in total. The maximum Gasteiger partial charge on any atom is 0.270 e. The number of fused-ring (bicyclic) bond motifs is 1. The van der Waals surface area contributed by atoms with Gasteiger partial charge in [0, 0.05) is 31.6 Å². The number of nitro benzene ring substituents is 1. The van der Waals surface area contributed by atoms with Gasteiger partial charge in [-0.1, -0.05) is 0 Å². The minimum atomic E-state index is -0.420. The SMILES string of the molecule is CN(C)/C=N/c1nsc2ccc([N+](=O)[O-])cc12. The Morgan fingerprint density at radius 1 is 1.53 bits per heavy atom. The van der Waals surface area contributed by atoms with Gasteiger partial charge in [0.15, 0.2) is 5.82 Å². The van der Waals surface area contributed by atoms with Crippen LogP contribution in [0.4, 0.5) is 11.5 Å². The molecule has 1 aromatic carbocycles. The maximum absolute atomic E-state index is 10.7. The van der Waals surface area contributed by atoms with Gasteiger partial charge in [0.2, 0.25) is 0 Å². The van der Waals surface area contributed by atoms with Crippen molar-refractivity contribution in [2.75, 3.05) is 14.1 Å². The van der Waals surface area contributed by atoms with Gasteiger partial charge in [-0.2, -0.15) is 4.37 Å². The average Bonchev–Trinajstić information content (AvgIpc) is 2.68. The Bertz CT molecular complexity index is 591. The molecule has 0 unspecified atom stereocenters. The van der Waals surface area contributed by atoms with E-state index < -0.39 is 4.92 Å². The zero-order valence-corrected chi connectivity index (χ0v) is 10.1. The summed E-state index contributed by atoms with van der Waals surface area (Å²) < 4.78 is 5.05. The van der Waals surface area contributed by atoms with Gasteiger partial charge in [-0.15, -0.1) is 0 Å². The third-order valence-corrected chi connectivity index (χ3v) is 2.87. The summed E-state index contributed by atoms with van der Waals surface area (Å²) in [5.74, 6) is 0.516. The molecule has 17 heavy (non-hydrogen) atoms. The lowest BCUT2D eigenvalue weighted by molar-refractivity contribution is -0.384. The van der Waals surface area contributed by atoms with Gasteiger partial charge >= 0.3 is 0 Å². The highest BCUT2D eigenvalue weighted by Gasteiger charge is 2.11. The summed E-state index contributed by atoms with van der Waals surface area (Å²) in [5, 5.41) is 11.4. The van der Waals surface area contributed by atoms with Crippen LogP contribution >= 0.6 is 11.5 Å². The van der Waals surface area contributed by atoms with Crippen molar-refractivity contribution in [2.24, 2.45) is 4.99 Å². The Labute approximate surface area is 102 Å². The topological polar surface area (TPSA) is 71.6 Å². The Hall–Kier alpha value is -2.02. The fourth-order valence-corrected chi connectivity index (χ4v) is 2.00. The molecule has 0 saturated carbocycles. The molecule has 0 spiro atoms. The van der Waals surface area contributed by atoms with Crippen molar-refractivity contribution in [3.8, 4) is 0 Å². The molecule has 7 heteroatoms. The van der Waals surface area contributed by atoms with Crippen molar-refractivity contribution >= 4 is 39.5 Å². The van der Waals surface area contributed by atoms with Crippen LogP contribution in [-0.2, 0) is 0 Å². The first-order valence-electron chi connectivity index (χ1n) is 4.82. The van der Waals surface area contributed by atoms with Crippen LogP contribution in [0, 0.1) is 10.1 Å². The zero-order chi connectivity index (χ0) is 12.4. The van der Waals surface area contributed by atoms with Gasteiger partial charge in [-0.05, 0) is 17.6 Å². The van der Waals surface area contributed by atoms with Crippen LogP contribution in [0.1, 0.15) is 0 Å². The second kappa shape index (κ2) is 4.46. The Kier molecular flexibility index (Phi) is 3.01. The van der Waals surface area contributed by atoms with Crippen LogP contribution in [0.2, 0.25) is 0 Å². The predicted molar refractivity (Wildman–Crippen MR) is 68.1 cm³/mol. The Morgan fingerprint density at radius 2 is 2.29 bits per heavy atom. The van der Waals surface area contributed by atoms with Gasteiger partial charge in [0.05, 0.1) is 16.0 Å². The molecule has 0 aliphatic carbocycles. The number of aliphatic imine (C=N–C) groups is 1. The van der Waals surface area contributed by atoms with Crippen LogP contribution < -0.4 is 0 Å². The van der Waals surface area contributed by atoms with Gasteiger partial charge in [-0.25, -0.2) is 4.99 Å². The molecule has 0 fully saturated rings. The van der Waals surface area contributed by atoms with E-state index in [2.05, 4.69) is 9.37 Å². The molecule has 0 radical (unpaired) electrons. The molecule has 2 rings (SSSR count). The van der Waals surface area contributed by atoms with Crippen molar-refractivity contribution < 1.29 is 4.92 Å². The van der Waals surface area contributed by atoms with E-state index in [1.165, 1.54) is 23.7 Å². The summed E-state index contributed by atoms with van der Waals surface area (Å²) in [6, 6.07) is 4.67. The van der Waals surface area contributed by atoms with E-state index in [1.807, 2.05) is 14.1 Å². The summed E-state index contributed by atoms with van der Waals surface area (Å²) in [5.41, 5.74) is 0.0546. The third-order valence-electron chi connectivity index (χ3n) is 2.06. The molecule has 6 nitrogen and oxygen atoms in total. The predicted octanol–water partition coefficient (Wildman–Crippen LogP) is 2.43. The van der Waals surface area contributed by atoms with Gasteiger partial charge in [-0.3, -0.25) is 10.1 Å². The lowest BCUT2D eigenvalue weighted by Crippen LogP contribution is -2.06. The number of benzene rings is 1. The van der Waals surface area contributed by atoms with Crippen LogP contribution in [0.3, 0.4) is 0 Å². The first-order valence-corrected chi connectivity index (χ1v) is 5.59. The van der Waals surface area contributed by atoms with Crippen molar-refractivity contribution in [1.29, 1.82) is 0 Å². The lowest BCUT2D eigenvalue weighted by Gasteiger charge is -2.00. The molecule has 0 bridgehead atoms. The molecular formula is C10H10N4O2S. The first-order chi connectivity index (χ1) is 8.08. The molecule has 88 valence electrons. The quantitative estimate of drug-likeness (QED) is 0.363. The molecule has 0 atom stereocenters. The summed E-state index contributed by atoms with van der Waals surface area (Å²) >= 11 is 1.28. The number of aromatic nitrogens is 1. The molecule has 0 aliphatic heterocycles. The van der Waals surface area contributed by atoms with Crippen molar-refractivity contribution in [1.82, 2.24) is 9.27 Å². The summed E-state index contributed by atoms with van der Waals surface area (Å²) in [6.07, 6.45) is 1.62. The van der Waals surface area contributed by atoms with E-state index in [4.69, 9.17) is 0 Å². The van der Waals surface area contributed by atoms with Crippen LogP contribution in [0.25, 0.3) is 10.1 Å². The monoisotopic (exact) mass is 250 g/mol. The van der Waals surface area contributed by atoms with E-state index >= 15 is 0 Å². The van der Waals surface area contributed by atoms with Crippen molar-refractivity contribution in [3.05, 3.63) is 28.3 Å². The van der Waals surface area contributed by atoms with Crippen LogP contribution in [0.15, 0.2) is 23.2 Å². The largest absolute Gasteiger partial charge is 0.369 e. The second-order valence-electron chi connectivity index (χ2n) is 3.65. The highest BCUT2D eigenvalue weighted by atomic mass is 32.1. The third kappa shape index (κ3) is 2.39. The molecule has 1 heterocycles. The fourth-order valence-electron chi connectivity index (χ4n) is 1.29. The molecule has 0 amide bonds. The molecule has 0 aliphatic rings. The average molecular weight is 250 g/mol. The minimum Gasteiger partial charge on any atom is -0.369 e. The van der Waals surface area contributed by atoms with Crippen LogP contribution in [-0.4, -0.2) is 34.6 Å². The summed E-state index contributed by atoms with van der Waals surface area (Å²) in [6.45, 7) is 0. The number of hydrogen-bond acceptors (Lipinski definition) is 5. The second-order valence-corrected chi connectivity index (χ2v) is 4.46. The van der Waals surface area contributed by atoms with Crippen molar-refractivity contribution in [3.63, 3.8) is 0 Å². The van der Waals surface area contributed by atoms with E-state index in [0.29, 0.717) is 11.2 Å². The van der Waals surface area contributed by atoms with Crippen LogP contribution in [0.5, 0.6) is 0 Å². The Balaban J connectivity index is 2.50. The smallest absolute Gasteiger partial charge is 0.270 e. The molecule has 0 saturated heterocycles. The van der Waals surface area contributed by atoms with E-state index in [0.717, 1.165) is 4.70 Å². The first kappa shape index (κ1) is 11.5. The van der Waals surface area contributed by atoms with Gasteiger partial charge < -0.3 is 4.90 Å². The summed E-state index contributed by atoms with van der Waals surface area (Å²) in [4.78, 5) is 16.2. The standard InChI is InChI=1S/C10H10N4O2S/c1-13(2)6-11-10-8-5-7(14(15)16)3-4-9(8)17-12-10/h3-6H,1-2H3/b11-6+. The molecule has 2 aromatic rings. The van der Waals surface area contributed by atoms with E-state index in [1.54, 1.807) is 17.3 Å². The molecule has 1 aromatic heterocycles. The van der Waals surface area contributed by atoms with Crippen molar-refractivity contribution in [2.45, 2.75) is 0 Å². The highest BCUT2D eigenvalue weighted by molar-refractivity contribution is 7.13. The summed E-state index contributed by atoms with van der Waals surface area (Å²) in [7, 11) is 3.70. The maximum atomic E-state index is 10.7. The highest BCUT2D eigenvalue weighted by Crippen LogP contribution is 2.31.